The second-order valence-electron chi connectivity index (χ2n) is 4.14. The average molecular weight is 227 g/mol. The van der Waals surface area contributed by atoms with Gasteiger partial charge in [0, 0.05) is 30.2 Å². The first-order valence-electron chi connectivity index (χ1n) is 6.05. The van der Waals surface area contributed by atoms with E-state index < -0.39 is 0 Å². The van der Waals surface area contributed by atoms with Crippen molar-refractivity contribution in [2.75, 3.05) is 13.1 Å². The summed E-state index contributed by atoms with van der Waals surface area (Å²) in [6.45, 7) is 5.19. The molecule has 0 aliphatic heterocycles. The standard InChI is InChI=1S/C14H17N3/c1-2-6-16-7-9-17-8-5-13-10-12(11-15)3-4-14(13)17/h3-5,8,10,16H,2,6-7,9H2,1H3. The predicted octanol–water partition coefficient (Wildman–Crippen LogP) is 2.51. The molecule has 1 aromatic carbocycles. The molecule has 2 aromatic rings. The zero-order valence-electron chi connectivity index (χ0n) is 10.1. The molecule has 0 spiro atoms. The Balaban J connectivity index is 2.11. The topological polar surface area (TPSA) is 40.8 Å². The normalized spacial score (nSPS) is 10.6. The van der Waals surface area contributed by atoms with Crippen LogP contribution in [0.5, 0.6) is 0 Å². The number of nitrogens with zero attached hydrogens (tertiary/aromatic N) is 2. The maximum Gasteiger partial charge on any atom is 0.0991 e. The van der Waals surface area contributed by atoms with Crippen LogP contribution in [-0.4, -0.2) is 17.7 Å². The van der Waals surface area contributed by atoms with Crippen LogP contribution >= 0.6 is 0 Å². The Morgan fingerprint density at radius 3 is 2.94 bits per heavy atom. The van der Waals surface area contributed by atoms with E-state index in [1.54, 1.807) is 0 Å². The molecule has 0 fully saturated rings. The second-order valence-corrected chi connectivity index (χ2v) is 4.14. The summed E-state index contributed by atoms with van der Waals surface area (Å²) in [5.74, 6) is 0. The molecule has 0 unspecified atom stereocenters. The molecule has 0 aliphatic rings. The van der Waals surface area contributed by atoms with Crippen molar-refractivity contribution in [1.82, 2.24) is 9.88 Å². The fourth-order valence-electron chi connectivity index (χ4n) is 1.97. The Morgan fingerprint density at radius 1 is 1.29 bits per heavy atom. The van der Waals surface area contributed by atoms with E-state index in [2.05, 4.69) is 35.1 Å². The van der Waals surface area contributed by atoms with Crippen molar-refractivity contribution >= 4 is 10.9 Å². The van der Waals surface area contributed by atoms with Crippen molar-refractivity contribution in [3.63, 3.8) is 0 Å². The van der Waals surface area contributed by atoms with E-state index in [4.69, 9.17) is 5.26 Å². The summed E-state index contributed by atoms with van der Waals surface area (Å²) in [6.07, 6.45) is 3.25. The fraction of sp³-hybridized carbons (Fsp3) is 0.357. The van der Waals surface area contributed by atoms with Gasteiger partial charge in [-0.3, -0.25) is 0 Å². The van der Waals surface area contributed by atoms with Crippen molar-refractivity contribution in [2.24, 2.45) is 0 Å². The van der Waals surface area contributed by atoms with Crippen LogP contribution in [0.4, 0.5) is 0 Å². The molecule has 3 heteroatoms. The van der Waals surface area contributed by atoms with Crippen LogP contribution in [-0.2, 0) is 6.54 Å². The second kappa shape index (κ2) is 5.51. The minimum Gasteiger partial charge on any atom is -0.346 e. The molecule has 1 heterocycles. The first-order chi connectivity index (χ1) is 8.35. The van der Waals surface area contributed by atoms with Crippen LogP contribution in [0.2, 0.25) is 0 Å². The molecule has 0 aliphatic carbocycles. The summed E-state index contributed by atoms with van der Waals surface area (Å²) in [7, 11) is 0. The van der Waals surface area contributed by atoms with Crippen molar-refractivity contribution in [2.45, 2.75) is 19.9 Å². The van der Waals surface area contributed by atoms with Crippen molar-refractivity contribution < 1.29 is 0 Å². The molecular weight excluding hydrogens is 210 g/mol. The van der Waals surface area contributed by atoms with Crippen molar-refractivity contribution in [1.29, 1.82) is 5.26 Å². The maximum absolute atomic E-state index is 8.84. The number of benzene rings is 1. The Hall–Kier alpha value is -1.79. The van der Waals surface area contributed by atoms with Gasteiger partial charge in [-0.05, 0) is 37.2 Å². The number of rotatable bonds is 5. The van der Waals surface area contributed by atoms with E-state index in [-0.39, 0.29) is 0 Å². The minimum atomic E-state index is 0.722. The minimum absolute atomic E-state index is 0.722. The lowest BCUT2D eigenvalue weighted by Crippen LogP contribution is -2.20. The SMILES string of the molecule is CCCNCCn1ccc2cc(C#N)ccc21. The third kappa shape index (κ3) is 2.66. The zero-order chi connectivity index (χ0) is 12.1. The Kier molecular flexibility index (Phi) is 3.79. The van der Waals surface area contributed by atoms with Crippen molar-refractivity contribution in [3.8, 4) is 6.07 Å². The Morgan fingerprint density at radius 2 is 2.18 bits per heavy atom. The van der Waals surface area contributed by atoms with Crippen LogP contribution < -0.4 is 5.32 Å². The Labute approximate surface area is 102 Å². The molecule has 0 bridgehead atoms. The third-order valence-corrected chi connectivity index (χ3v) is 2.86. The highest BCUT2D eigenvalue weighted by Gasteiger charge is 2.01. The highest BCUT2D eigenvalue weighted by molar-refractivity contribution is 5.81. The van der Waals surface area contributed by atoms with Gasteiger partial charge in [0.2, 0.25) is 0 Å². The molecule has 1 aromatic heterocycles. The predicted molar refractivity (Wildman–Crippen MR) is 69.8 cm³/mol. The summed E-state index contributed by atoms with van der Waals surface area (Å²) in [4.78, 5) is 0. The smallest absolute Gasteiger partial charge is 0.0991 e. The molecule has 0 radical (unpaired) electrons. The number of aromatic nitrogens is 1. The first kappa shape index (κ1) is 11.7. The van der Waals surface area contributed by atoms with Gasteiger partial charge in [-0.1, -0.05) is 6.92 Å². The van der Waals surface area contributed by atoms with Crippen LogP contribution in [0.3, 0.4) is 0 Å². The van der Waals surface area contributed by atoms with Gasteiger partial charge >= 0.3 is 0 Å². The van der Waals surface area contributed by atoms with Crippen LogP contribution in [0.15, 0.2) is 30.5 Å². The summed E-state index contributed by atoms with van der Waals surface area (Å²) >= 11 is 0. The van der Waals surface area contributed by atoms with Crippen LogP contribution in [0.25, 0.3) is 10.9 Å². The monoisotopic (exact) mass is 227 g/mol. The zero-order valence-corrected chi connectivity index (χ0v) is 10.1. The van der Waals surface area contributed by atoms with Gasteiger partial charge < -0.3 is 9.88 Å². The van der Waals surface area contributed by atoms with E-state index >= 15 is 0 Å². The maximum atomic E-state index is 8.84. The quantitative estimate of drug-likeness (QED) is 0.797. The molecule has 17 heavy (non-hydrogen) atoms. The van der Waals surface area contributed by atoms with Gasteiger partial charge in [0.1, 0.15) is 0 Å². The number of hydrogen-bond donors (Lipinski definition) is 1. The number of fused-ring (bicyclic) bond motifs is 1. The Bertz CT molecular complexity index is 534. The lowest BCUT2D eigenvalue weighted by molar-refractivity contribution is 0.604. The van der Waals surface area contributed by atoms with Crippen LogP contribution in [0, 0.1) is 11.3 Å². The largest absolute Gasteiger partial charge is 0.346 e. The molecule has 2 rings (SSSR count). The molecule has 1 N–H and O–H groups in total. The molecule has 0 saturated heterocycles. The fourth-order valence-corrected chi connectivity index (χ4v) is 1.97. The first-order valence-corrected chi connectivity index (χ1v) is 6.05. The average Bonchev–Trinajstić information content (AvgIpc) is 2.77. The highest BCUT2D eigenvalue weighted by atomic mass is 15.0. The van der Waals surface area contributed by atoms with E-state index in [0.717, 1.165) is 37.0 Å². The number of nitriles is 1. The lowest BCUT2D eigenvalue weighted by atomic mass is 10.2. The number of hydrogen-bond acceptors (Lipinski definition) is 2. The molecule has 0 atom stereocenters. The third-order valence-electron chi connectivity index (χ3n) is 2.86. The molecule has 0 amide bonds. The van der Waals surface area contributed by atoms with Crippen LogP contribution in [0.1, 0.15) is 18.9 Å². The molecule has 0 saturated carbocycles. The molecule has 3 nitrogen and oxygen atoms in total. The van der Waals surface area contributed by atoms with E-state index in [9.17, 15) is 0 Å². The van der Waals surface area contributed by atoms with E-state index in [1.807, 2.05) is 18.2 Å². The summed E-state index contributed by atoms with van der Waals surface area (Å²) in [6, 6.07) is 10.1. The van der Waals surface area contributed by atoms with E-state index in [1.165, 1.54) is 5.52 Å². The van der Waals surface area contributed by atoms with Gasteiger partial charge in [-0.25, -0.2) is 0 Å². The molecular formula is C14H17N3. The summed E-state index contributed by atoms with van der Waals surface area (Å²) in [5, 5.41) is 13.4. The van der Waals surface area contributed by atoms with Gasteiger partial charge in [0.05, 0.1) is 11.6 Å². The highest BCUT2D eigenvalue weighted by Crippen LogP contribution is 2.17. The van der Waals surface area contributed by atoms with Gasteiger partial charge in [0.25, 0.3) is 0 Å². The summed E-state index contributed by atoms with van der Waals surface area (Å²) in [5.41, 5.74) is 1.92. The summed E-state index contributed by atoms with van der Waals surface area (Å²) < 4.78 is 2.22. The van der Waals surface area contributed by atoms with Gasteiger partial charge in [-0.2, -0.15) is 5.26 Å². The van der Waals surface area contributed by atoms with Crippen molar-refractivity contribution in [3.05, 3.63) is 36.0 Å². The molecule has 88 valence electrons. The van der Waals surface area contributed by atoms with Gasteiger partial charge in [0.15, 0.2) is 0 Å². The van der Waals surface area contributed by atoms with E-state index in [0.29, 0.717) is 0 Å². The lowest BCUT2D eigenvalue weighted by Gasteiger charge is -2.06. The number of nitrogens with one attached hydrogen (secondary N) is 1. The van der Waals surface area contributed by atoms with Gasteiger partial charge in [-0.15, -0.1) is 0 Å².